The predicted molar refractivity (Wildman–Crippen MR) is 75.1 cm³/mol. The molecule has 0 unspecified atom stereocenters. The van der Waals surface area contributed by atoms with E-state index in [2.05, 4.69) is 21.8 Å². The zero-order valence-corrected chi connectivity index (χ0v) is 11.8. The third-order valence-electron chi connectivity index (χ3n) is 3.48. The van der Waals surface area contributed by atoms with Gasteiger partial charge in [-0.15, -0.1) is 0 Å². The highest BCUT2D eigenvalue weighted by molar-refractivity contribution is 6.32. The molecule has 0 saturated carbocycles. The lowest BCUT2D eigenvalue weighted by molar-refractivity contribution is -0.126. The standard InChI is InChI=1S/C14H13ClN4O/c1-2-4-12(20)18-7-3-5-10(18)14-17-9-11-13(15)16-6-8-19(11)14/h6,8-10H,3,5,7H2,1H3/t10-/m0/s1. The van der Waals surface area contributed by atoms with E-state index in [9.17, 15) is 4.79 Å². The molecule has 1 amide bonds. The van der Waals surface area contributed by atoms with Gasteiger partial charge in [0, 0.05) is 18.9 Å². The third-order valence-corrected chi connectivity index (χ3v) is 3.78. The summed E-state index contributed by atoms with van der Waals surface area (Å²) in [6.45, 7) is 2.38. The minimum Gasteiger partial charge on any atom is -0.322 e. The van der Waals surface area contributed by atoms with Gasteiger partial charge in [0.05, 0.1) is 12.2 Å². The van der Waals surface area contributed by atoms with Crippen molar-refractivity contribution in [1.29, 1.82) is 0 Å². The number of carbonyl (C=O) groups excluding carboxylic acids is 1. The molecule has 0 radical (unpaired) electrons. The van der Waals surface area contributed by atoms with Crippen LogP contribution in [0.2, 0.25) is 5.15 Å². The molecule has 1 aliphatic rings. The second-order valence-electron chi connectivity index (χ2n) is 4.62. The molecule has 6 heteroatoms. The molecule has 3 heterocycles. The maximum Gasteiger partial charge on any atom is 0.299 e. The smallest absolute Gasteiger partial charge is 0.299 e. The van der Waals surface area contributed by atoms with Crippen molar-refractivity contribution in [3.8, 4) is 11.8 Å². The van der Waals surface area contributed by atoms with Crippen LogP contribution in [0.25, 0.3) is 5.52 Å². The summed E-state index contributed by atoms with van der Waals surface area (Å²) >= 11 is 6.05. The maximum atomic E-state index is 12.0. The Labute approximate surface area is 121 Å². The van der Waals surface area contributed by atoms with E-state index >= 15 is 0 Å². The second kappa shape index (κ2) is 5.14. The summed E-state index contributed by atoms with van der Waals surface area (Å²) in [5, 5.41) is 0.412. The van der Waals surface area contributed by atoms with Crippen LogP contribution in [-0.4, -0.2) is 31.7 Å². The lowest BCUT2D eigenvalue weighted by atomic mass is 10.2. The van der Waals surface area contributed by atoms with E-state index in [0.717, 1.165) is 24.2 Å². The number of aromatic nitrogens is 3. The first-order valence-corrected chi connectivity index (χ1v) is 6.81. The molecule has 0 spiro atoms. The highest BCUT2D eigenvalue weighted by Crippen LogP contribution is 2.32. The van der Waals surface area contributed by atoms with Gasteiger partial charge in [-0.1, -0.05) is 17.5 Å². The van der Waals surface area contributed by atoms with E-state index in [1.54, 1.807) is 24.2 Å². The van der Waals surface area contributed by atoms with Gasteiger partial charge in [-0.3, -0.25) is 9.20 Å². The van der Waals surface area contributed by atoms with Crippen LogP contribution in [0.15, 0.2) is 18.6 Å². The number of rotatable bonds is 1. The fraction of sp³-hybridized carbons (Fsp3) is 0.357. The van der Waals surface area contributed by atoms with Gasteiger partial charge in [-0.2, -0.15) is 0 Å². The molecule has 3 rings (SSSR count). The minimum atomic E-state index is -0.146. The summed E-state index contributed by atoms with van der Waals surface area (Å²) in [6.07, 6.45) is 6.98. The molecule has 5 nitrogen and oxygen atoms in total. The molecular formula is C14H13ClN4O. The Morgan fingerprint density at radius 3 is 3.15 bits per heavy atom. The molecule has 2 aromatic heterocycles. The summed E-state index contributed by atoms with van der Waals surface area (Å²) in [5.41, 5.74) is 0.755. The van der Waals surface area contributed by atoms with Crippen LogP contribution in [0.4, 0.5) is 0 Å². The van der Waals surface area contributed by atoms with Crippen LogP contribution < -0.4 is 0 Å². The topological polar surface area (TPSA) is 50.5 Å². The average Bonchev–Trinajstić information content (AvgIpc) is 3.05. The van der Waals surface area contributed by atoms with Crippen molar-refractivity contribution < 1.29 is 4.79 Å². The monoisotopic (exact) mass is 288 g/mol. The van der Waals surface area contributed by atoms with E-state index in [-0.39, 0.29) is 11.9 Å². The quantitative estimate of drug-likeness (QED) is 0.755. The van der Waals surface area contributed by atoms with Crippen LogP contribution in [0.1, 0.15) is 31.6 Å². The van der Waals surface area contributed by atoms with Gasteiger partial charge in [0.15, 0.2) is 5.15 Å². The minimum absolute atomic E-state index is 0.0516. The fourth-order valence-electron chi connectivity index (χ4n) is 2.62. The zero-order valence-electron chi connectivity index (χ0n) is 11.0. The molecule has 0 aromatic carbocycles. The van der Waals surface area contributed by atoms with Gasteiger partial charge in [-0.25, -0.2) is 9.97 Å². The molecule has 102 valence electrons. The molecule has 0 aliphatic carbocycles. The largest absolute Gasteiger partial charge is 0.322 e. The average molecular weight is 289 g/mol. The van der Waals surface area contributed by atoms with Crippen LogP contribution in [0.5, 0.6) is 0 Å². The summed E-state index contributed by atoms with van der Waals surface area (Å²) in [5.74, 6) is 5.92. The Kier molecular flexibility index (Phi) is 3.33. The number of halogens is 1. The lowest BCUT2D eigenvalue weighted by Gasteiger charge is -2.21. The van der Waals surface area contributed by atoms with E-state index in [4.69, 9.17) is 11.6 Å². The number of imidazole rings is 1. The normalized spacial score (nSPS) is 18.1. The molecule has 0 bridgehead atoms. The Morgan fingerprint density at radius 2 is 2.35 bits per heavy atom. The Balaban J connectivity index is 2.03. The van der Waals surface area contributed by atoms with Crippen LogP contribution in [0, 0.1) is 11.8 Å². The van der Waals surface area contributed by atoms with Crippen molar-refractivity contribution in [3.05, 3.63) is 29.6 Å². The van der Waals surface area contributed by atoms with Gasteiger partial charge in [0.1, 0.15) is 11.3 Å². The Morgan fingerprint density at radius 1 is 1.50 bits per heavy atom. The molecule has 0 N–H and O–H groups in total. The van der Waals surface area contributed by atoms with Crippen molar-refractivity contribution in [3.63, 3.8) is 0 Å². The van der Waals surface area contributed by atoms with Gasteiger partial charge in [0.25, 0.3) is 5.91 Å². The number of carbonyl (C=O) groups is 1. The predicted octanol–water partition coefficient (Wildman–Crippen LogP) is 2.07. The Bertz CT molecular complexity index is 728. The summed E-state index contributed by atoms with van der Waals surface area (Å²) in [7, 11) is 0. The summed E-state index contributed by atoms with van der Waals surface area (Å²) in [6, 6.07) is -0.0516. The van der Waals surface area contributed by atoms with Crippen LogP contribution in [-0.2, 0) is 4.79 Å². The number of fused-ring (bicyclic) bond motifs is 1. The number of amides is 1. The number of nitrogens with zero attached hydrogens (tertiary/aromatic N) is 4. The second-order valence-corrected chi connectivity index (χ2v) is 4.98. The Hall–Kier alpha value is -2.06. The van der Waals surface area contributed by atoms with Gasteiger partial charge < -0.3 is 4.90 Å². The molecule has 20 heavy (non-hydrogen) atoms. The highest BCUT2D eigenvalue weighted by atomic mass is 35.5. The van der Waals surface area contributed by atoms with Gasteiger partial charge in [-0.05, 0) is 25.7 Å². The molecule has 1 atom stereocenters. The molecule has 1 fully saturated rings. The lowest BCUT2D eigenvalue weighted by Crippen LogP contribution is -2.30. The van der Waals surface area contributed by atoms with Crippen LogP contribution >= 0.6 is 11.6 Å². The van der Waals surface area contributed by atoms with E-state index in [1.165, 1.54) is 0 Å². The first kappa shape index (κ1) is 12.9. The van der Waals surface area contributed by atoms with Gasteiger partial charge >= 0.3 is 0 Å². The maximum absolute atomic E-state index is 12.0. The van der Waals surface area contributed by atoms with Crippen molar-refractivity contribution in [2.75, 3.05) is 6.54 Å². The molecule has 2 aromatic rings. The third kappa shape index (κ3) is 2.02. The van der Waals surface area contributed by atoms with Crippen molar-refractivity contribution in [2.24, 2.45) is 0 Å². The van der Waals surface area contributed by atoms with Crippen molar-refractivity contribution in [2.45, 2.75) is 25.8 Å². The van der Waals surface area contributed by atoms with Crippen molar-refractivity contribution in [1.82, 2.24) is 19.3 Å². The SMILES string of the molecule is CC#CC(=O)N1CCC[C@H]1c1ncc2c(Cl)nccn12. The highest BCUT2D eigenvalue weighted by Gasteiger charge is 2.32. The van der Waals surface area contributed by atoms with E-state index in [1.807, 2.05) is 10.6 Å². The van der Waals surface area contributed by atoms with E-state index < -0.39 is 0 Å². The number of hydrogen-bond donors (Lipinski definition) is 0. The molecular weight excluding hydrogens is 276 g/mol. The van der Waals surface area contributed by atoms with Crippen molar-refractivity contribution >= 4 is 23.0 Å². The molecule has 1 saturated heterocycles. The summed E-state index contributed by atoms with van der Waals surface area (Å²) in [4.78, 5) is 22.3. The van der Waals surface area contributed by atoms with E-state index in [0.29, 0.717) is 11.7 Å². The first-order valence-electron chi connectivity index (χ1n) is 6.43. The number of likely N-dealkylation sites (tertiary alicyclic amines) is 1. The van der Waals surface area contributed by atoms with Gasteiger partial charge in [0.2, 0.25) is 0 Å². The number of hydrogen-bond acceptors (Lipinski definition) is 3. The van der Waals surface area contributed by atoms with Crippen LogP contribution in [0.3, 0.4) is 0 Å². The first-order chi connectivity index (χ1) is 9.72. The zero-order chi connectivity index (χ0) is 14.1. The summed E-state index contributed by atoms with van der Waals surface area (Å²) < 4.78 is 1.89. The fourth-order valence-corrected chi connectivity index (χ4v) is 2.82. The molecule has 1 aliphatic heterocycles.